The van der Waals surface area contributed by atoms with Gasteiger partial charge in [-0.15, -0.1) is 0 Å². The molecule has 0 fully saturated rings. The normalized spacial score (nSPS) is 14.8. The third-order valence-corrected chi connectivity index (χ3v) is 2.33. The van der Waals surface area contributed by atoms with E-state index in [2.05, 4.69) is 20.8 Å². The molecule has 0 aromatic carbocycles. The van der Waals surface area contributed by atoms with Gasteiger partial charge in [0.2, 0.25) is 0 Å². The minimum Gasteiger partial charge on any atom is -0.358 e. The monoisotopic (exact) mass is 262 g/mol. The summed E-state index contributed by atoms with van der Waals surface area (Å²) in [7, 11) is 0. The zero-order valence-electron chi connectivity index (χ0n) is 11.0. The Hall–Kier alpha value is 1.10. The molecule has 13 heavy (non-hydrogen) atoms. The molecule has 2 atom stereocenters. The maximum absolute atomic E-state index is 7.69. The first-order valence-corrected chi connectivity index (χ1v) is 5.16. The topological polar surface area (TPSA) is 0 Å². The molecule has 1 radical (unpaired) electrons. The zero-order chi connectivity index (χ0) is 9.40. The summed E-state index contributed by atoms with van der Waals surface area (Å²) in [5.41, 5.74) is 0. The van der Waals surface area contributed by atoms with Gasteiger partial charge in [0, 0.05) is 34.1 Å². The van der Waals surface area contributed by atoms with Gasteiger partial charge in [-0.1, -0.05) is 65.7 Å². The van der Waals surface area contributed by atoms with E-state index in [1.807, 2.05) is 0 Å². The van der Waals surface area contributed by atoms with Crippen LogP contribution in [0.1, 0.15) is 67.1 Å². The van der Waals surface area contributed by atoms with Crippen molar-refractivity contribution in [1.29, 1.82) is 0 Å². The van der Waals surface area contributed by atoms with Crippen LogP contribution in [-0.2, 0) is 32.7 Å². The van der Waals surface area contributed by atoms with Crippen molar-refractivity contribution in [2.45, 2.75) is 65.7 Å². The van der Waals surface area contributed by atoms with E-state index in [0.29, 0.717) is 0 Å². The molecule has 0 spiro atoms. The molecule has 0 aromatic heterocycles. The van der Waals surface area contributed by atoms with E-state index in [1.54, 1.807) is 0 Å². The number of unbranched alkanes of at least 4 members (excludes halogenated alkanes) is 1. The average Bonchev–Trinajstić information content (AvgIpc) is 2.11. The van der Waals surface area contributed by atoms with Crippen LogP contribution < -0.4 is 0 Å². The molecular weight excluding hydrogens is 233 g/mol. The molecule has 0 aliphatic heterocycles. The SMILES string of the molecule is [3H]C(CC)CC(CC)CCCC.[CH3-].[Y]. The Morgan fingerprint density at radius 1 is 1.08 bits per heavy atom. The Bertz CT molecular complexity index is 96.3. The summed E-state index contributed by atoms with van der Waals surface area (Å²) < 4.78 is 7.69. The smallest absolute Gasteiger partial charge is 0.0267 e. The third-order valence-electron chi connectivity index (χ3n) is 2.33. The molecule has 0 aromatic rings. The van der Waals surface area contributed by atoms with Gasteiger partial charge in [-0.2, -0.15) is 0 Å². The van der Waals surface area contributed by atoms with Gasteiger partial charge in [-0.25, -0.2) is 0 Å². The summed E-state index contributed by atoms with van der Waals surface area (Å²) in [5.74, 6) is 0.812. The van der Waals surface area contributed by atoms with E-state index in [4.69, 9.17) is 1.37 Å². The first-order chi connectivity index (χ1) is 5.74. The van der Waals surface area contributed by atoms with E-state index >= 15 is 0 Å². The molecule has 0 amide bonds. The first-order valence-electron chi connectivity index (χ1n) is 5.74. The fourth-order valence-corrected chi connectivity index (χ4v) is 1.38. The van der Waals surface area contributed by atoms with Crippen molar-refractivity contribution in [3.63, 3.8) is 0 Å². The van der Waals surface area contributed by atoms with Gasteiger partial charge in [-0.05, 0) is 5.92 Å². The summed E-state index contributed by atoms with van der Waals surface area (Å²) >= 11 is 0. The third kappa shape index (κ3) is 13.1. The van der Waals surface area contributed by atoms with Crippen molar-refractivity contribution >= 4 is 0 Å². The fourth-order valence-electron chi connectivity index (χ4n) is 1.38. The zero-order valence-corrected chi connectivity index (χ0v) is 12.8. The van der Waals surface area contributed by atoms with Crippen LogP contribution in [0.3, 0.4) is 0 Å². The second-order valence-electron chi connectivity index (χ2n) is 3.35. The molecule has 0 aliphatic rings. The van der Waals surface area contributed by atoms with Crippen LogP contribution in [0.2, 0.25) is 0 Å². The van der Waals surface area contributed by atoms with Crippen molar-refractivity contribution in [2.75, 3.05) is 0 Å². The van der Waals surface area contributed by atoms with Crippen molar-refractivity contribution in [2.24, 2.45) is 5.92 Å². The van der Waals surface area contributed by atoms with Crippen molar-refractivity contribution in [1.82, 2.24) is 0 Å². The van der Waals surface area contributed by atoms with Crippen molar-refractivity contribution in [3.8, 4) is 0 Å². The van der Waals surface area contributed by atoms with E-state index in [0.717, 1.165) is 18.8 Å². The van der Waals surface area contributed by atoms with Crippen LogP contribution in [0, 0.1) is 13.3 Å². The van der Waals surface area contributed by atoms with Crippen LogP contribution in [0.4, 0.5) is 0 Å². The van der Waals surface area contributed by atoms with Gasteiger partial charge in [0.15, 0.2) is 0 Å². The minimum atomic E-state index is 0. The number of hydrogen-bond acceptors (Lipinski definition) is 0. The summed E-state index contributed by atoms with van der Waals surface area (Å²) in [6.07, 6.45) is 7.56. The van der Waals surface area contributed by atoms with Crippen LogP contribution >= 0.6 is 0 Å². The van der Waals surface area contributed by atoms with E-state index < -0.39 is 0 Å². The van der Waals surface area contributed by atoms with Crippen LogP contribution in [0.15, 0.2) is 0 Å². The maximum atomic E-state index is 7.69. The molecule has 0 aliphatic carbocycles. The molecule has 0 bridgehead atoms. The quantitative estimate of drug-likeness (QED) is 0.576. The van der Waals surface area contributed by atoms with E-state index in [1.165, 1.54) is 25.7 Å². The predicted molar refractivity (Wildman–Crippen MR) is 59.2 cm³/mol. The van der Waals surface area contributed by atoms with Gasteiger partial charge in [0.1, 0.15) is 0 Å². The second-order valence-corrected chi connectivity index (χ2v) is 3.35. The Morgan fingerprint density at radius 2 is 1.69 bits per heavy atom. The largest absolute Gasteiger partial charge is 0.358 e. The minimum absolute atomic E-state index is 0. The Morgan fingerprint density at radius 3 is 2.08 bits per heavy atom. The Kier molecular flexibility index (Phi) is 19.8. The van der Waals surface area contributed by atoms with Gasteiger partial charge in [-0.3, -0.25) is 0 Å². The van der Waals surface area contributed by atoms with Crippen molar-refractivity contribution in [3.05, 3.63) is 7.43 Å². The Balaban J connectivity index is -0.000000605. The molecule has 2 unspecified atom stereocenters. The van der Waals surface area contributed by atoms with Crippen LogP contribution in [0.5, 0.6) is 0 Å². The average molecular weight is 262 g/mol. The van der Waals surface area contributed by atoms with Gasteiger partial charge < -0.3 is 7.43 Å². The Labute approximate surface area is 113 Å². The van der Waals surface area contributed by atoms with Gasteiger partial charge >= 0.3 is 0 Å². The van der Waals surface area contributed by atoms with Crippen LogP contribution in [0.25, 0.3) is 0 Å². The van der Waals surface area contributed by atoms with Gasteiger partial charge in [0.25, 0.3) is 0 Å². The molecule has 0 N–H and O–H groups in total. The fraction of sp³-hybridized carbons (Fsp3) is 0.917. The molecule has 0 heterocycles. The number of rotatable bonds is 7. The van der Waals surface area contributed by atoms with Gasteiger partial charge in [0.05, 0.1) is 0 Å². The molecule has 0 nitrogen and oxygen atoms in total. The van der Waals surface area contributed by atoms with E-state index in [9.17, 15) is 0 Å². The summed E-state index contributed by atoms with van der Waals surface area (Å²) in [4.78, 5) is 0. The standard InChI is InChI=1S/C11H24.CH3.Y/c1-4-7-9-11(6-3)10-8-5-2;;/h11H,4-10H2,1-3H3;1H3;/q;-1;/i7T;;. The molecule has 79 valence electrons. The van der Waals surface area contributed by atoms with E-state index in [-0.39, 0.29) is 46.5 Å². The molecule has 0 rings (SSSR count). The van der Waals surface area contributed by atoms with Crippen LogP contribution in [-0.4, -0.2) is 0 Å². The molecular formula is C12H27Y-. The number of hydrogen-bond donors (Lipinski definition) is 0. The molecule has 0 saturated heterocycles. The second kappa shape index (κ2) is 15.6. The predicted octanol–water partition coefficient (Wildman–Crippen LogP) is 4.84. The summed E-state index contributed by atoms with van der Waals surface area (Å²) in [6, 6.07) is 0. The summed E-state index contributed by atoms with van der Waals surface area (Å²) in [6.45, 7) is 6.61. The molecule has 0 saturated carbocycles. The van der Waals surface area contributed by atoms with Crippen molar-refractivity contribution < 1.29 is 34.1 Å². The molecule has 1 heteroatoms. The first kappa shape index (κ1) is 16.5. The maximum Gasteiger partial charge on any atom is 0.0267 e. The summed E-state index contributed by atoms with van der Waals surface area (Å²) in [5, 5.41) is 0.